The standard InChI is InChI=1S/C24H27NO5/c1-2-25(19-8-4-3-5-9-19)22(26)17-30-23(27)24(12-6-7-13-24)18-10-11-20-21(16-18)29-15-14-28-20/h3-5,8-11,16H,2,6-7,12-15,17H2,1H3. The van der Waals surface area contributed by atoms with Crippen LogP contribution >= 0.6 is 0 Å². The zero-order chi connectivity index (χ0) is 21.0. The van der Waals surface area contributed by atoms with Crippen molar-refractivity contribution < 1.29 is 23.8 Å². The molecule has 30 heavy (non-hydrogen) atoms. The topological polar surface area (TPSA) is 65.1 Å². The van der Waals surface area contributed by atoms with Crippen LogP contribution < -0.4 is 14.4 Å². The van der Waals surface area contributed by atoms with Gasteiger partial charge in [-0.2, -0.15) is 0 Å². The average molecular weight is 409 g/mol. The number of carbonyl (C=O) groups is 2. The summed E-state index contributed by atoms with van der Waals surface area (Å²) in [6.45, 7) is 3.16. The van der Waals surface area contributed by atoms with Gasteiger partial charge in [0.2, 0.25) is 0 Å². The zero-order valence-corrected chi connectivity index (χ0v) is 17.3. The molecule has 2 aromatic carbocycles. The van der Waals surface area contributed by atoms with E-state index >= 15 is 0 Å². The van der Waals surface area contributed by atoms with Crippen molar-refractivity contribution in [1.29, 1.82) is 0 Å². The third kappa shape index (κ3) is 3.86. The van der Waals surface area contributed by atoms with E-state index in [-0.39, 0.29) is 18.5 Å². The largest absolute Gasteiger partial charge is 0.486 e. The number of nitrogens with zero attached hydrogens (tertiary/aromatic N) is 1. The van der Waals surface area contributed by atoms with Gasteiger partial charge in [0.05, 0.1) is 5.41 Å². The van der Waals surface area contributed by atoms with Crippen LogP contribution in [0.1, 0.15) is 38.2 Å². The molecule has 1 heterocycles. The fourth-order valence-electron chi connectivity index (χ4n) is 4.38. The van der Waals surface area contributed by atoms with Gasteiger partial charge in [-0.1, -0.05) is 37.1 Å². The summed E-state index contributed by atoms with van der Waals surface area (Å²) in [7, 11) is 0. The van der Waals surface area contributed by atoms with Gasteiger partial charge in [-0.3, -0.25) is 9.59 Å². The van der Waals surface area contributed by atoms with Crippen LogP contribution in [0.3, 0.4) is 0 Å². The van der Waals surface area contributed by atoms with Gasteiger partial charge in [-0.25, -0.2) is 0 Å². The summed E-state index contributed by atoms with van der Waals surface area (Å²) in [4.78, 5) is 27.6. The van der Waals surface area contributed by atoms with E-state index in [1.807, 2.05) is 55.5 Å². The predicted octanol–water partition coefficient (Wildman–Crippen LogP) is 3.87. The summed E-state index contributed by atoms with van der Waals surface area (Å²) in [5, 5.41) is 0. The van der Waals surface area contributed by atoms with Crippen molar-refractivity contribution in [2.24, 2.45) is 0 Å². The number of hydrogen-bond donors (Lipinski definition) is 0. The first-order valence-electron chi connectivity index (χ1n) is 10.6. The minimum absolute atomic E-state index is 0.229. The minimum atomic E-state index is -0.736. The number of para-hydroxylation sites is 1. The Labute approximate surface area is 176 Å². The summed E-state index contributed by atoms with van der Waals surface area (Å²) in [6.07, 6.45) is 3.30. The highest BCUT2D eigenvalue weighted by molar-refractivity contribution is 5.96. The second-order valence-corrected chi connectivity index (χ2v) is 7.70. The first kappa shape index (κ1) is 20.3. The van der Waals surface area contributed by atoms with Gasteiger partial charge in [0.15, 0.2) is 18.1 Å². The first-order valence-corrected chi connectivity index (χ1v) is 10.6. The maximum atomic E-state index is 13.2. The molecule has 0 bridgehead atoms. The van der Waals surface area contributed by atoms with Gasteiger partial charge in [0.1, 0.15) is 13.2 Å². The van der Waals surface area contributed by atoms with Crippen LogP contribution in [-0.2, 0) is 19.7 Å². The fraction of sp³-hybridized carbons (Fsp3) is 0.417. The normalized spacial score (nSPS) is 16.7. The molecule has 0 unspecified atom stereocenters. The minimum Gasteiger partial charge on any atom is -0.486 e. The van der Waals surface area contributed by atoms with E-state index in [1.165, 1.54) is 0 Å². The average Bonchev–Trinajstić information content (AvgIpc) is 3.30. The van der Waals surface area contributed by atoms with E-state index in [9.17, 15) is 9.59 Å². The van der Waals surface area contributed by atoms with E-state index in [4.69, 9.17) is 14.2 Å². The van der Waals surface area contributed by atoms with Crippen LogP contribution in [0, 0.1) is 0 Å². The van der Waals surface area contributed by atoms with Gasteiger partial charge in [0, 0.05) is 12.2 Å². The molecule has 2 aromatic rings. The zero-order valence-electron chi connectivity index (χ0n) is 17.3. The first-order chi connectivity index (χ1) is 14.6. The monoisotopic (exact) mass is 409 g/mol. The quantitative estimate of drug-likeness (QED) is 0.678. The van der Waals surface area contributed by atoms with Gasteiger partial charge in [0.25, 0.3) is 5.91 Å². The molecule has 0 atom stereocenters. The lowest BCUT2D eigenvalue weighted by Gasteiger charge is -2.29. The number of fused-ring (bicyclic) bond motifs is 1. The maximum Gasteiger partial charge on any atom is 0.317 e. The van der Waals surface area contributed by atoms with Gasteiger partial charge >= 0.3 is 5.97 Å². The molecular weight excluding hydrogens is 382 g/mol. The summed E-state index contributed by atoms with van der Waals surface area (Å²) in [6, 6.07) is 15.1. The van der Waals surface area contributed by atoms with Crippen LogP contribution in [-0.4, -0.2) is 38.2 Å². The van der Waals surface area contributed by atoms with Gasteiger partial charge in [-0.05, 0) is 49.6 Å². The van der Waals surface area contributed by atoms with Crippen LogP contribution in [0.4, 0.5) is 5.69 Å². The second kappa shape index (κ2) is 8.78. The Morgan fingerprint density at radius 3 is 2.40 bits per heavy atom. The molecule has 1 aliphatic heterocycles. The Balaban J connectivity index is 1.49. The number of likely N-dealkylation sites (N-methyl/N-ethyl adjacent to an activating group) is 1. The summed E-state index contributed by atoms with van der Waals surface area (Å²) in [5.74, 6) is 0.791. The Morgan fingerprint density at radius 2 is 1.70 bits per heavy atom. The van der Waals surface area contributed by atoms with E-state index < -0.39 is 5.41 Å². The van der Waals surface area contributed by atoms with E-state index in [0.717, 1.165) is 24.1 Å². The van der Waals surface area contributed by atoms with Crippen molar-refractivity contribution >= 4 is 17.6 Å². The van der Waals surface area contributed by atoms with Crippen LogP contribution in [0.2, 0.25) is 0 Å². The summed E-state index contributed by atoms with van der Waals surface area (Å²) < 4.78 is 16.9. The lowest BCUT2D eigenvalue weighted by atomic mass is 9.78. The molecule has 4 rings (SSSR count). The van der Waals surface area contributed by atoms with Crippen molar-refractivity contribution in [3.63, 3.8) is 0 Å². The summed E-state index contributed by atoms with van der Waals surface area (Å²) in [5.41, 5.74) is 0.931. The highest BCUT2D eigenvalue weighted by Gasteiger charge is 2.45. The van der Waals surface area contributed by atoms with Crippen molar-refractivity contribution in [1.82, 2.24) is 0 Å². The molecule has 0 saturated heterocycles. The van der Waals surface area contributed by atoms with Crippen LogP contribution in [0.5, 0.6) is 11.5 Å². The number of amides is 1. The number of hydrogen-bond acceptors (Lipinski definition) is 5. The molecule has 158 valence electrons. The van der Waals surface area contributed by atoms with E-state index in [0.29, 0.717) is 44.1 Å². The van der Waals surface area contributed by atoms with Crippen molar-refractivity contribution in [2.75, 3.05) is 31.3 Å². The highest BCUT2D eigenvalue weighted by Crippen LogP contribution is 2.45. The summed E-state index contributed by atoms with van der Waals surface area (Å²) >= 11 is 0. The molecule has 0 radical (unpaired) electrons. The molecule has 6 heteroatoms. The lowest BCUT2D eigenvalue weighted by Crippen LogP contribution is -2.39. The second-order valence-electron chi connectivity index (χ2n) is 7.70. The van der Waals surface area contributed by atoms with E-state index in [2.05, 4.69) is 0 Å². The Morgan fingerprint density at radius 1 is 1.00 bits per heavy atom. The number of benzene rings is 2. The predicted molar refractivity (Wildman–Crippen MR) is 113 cm³/mol. The number of rotatable bonds is 6. The Kier molecular flexibility index (Phi) is 5.93. The third-order valence-corrected chi connectivity index (χ3v) is 5.95. The Bertz CT molecular complexity index is 905. The van der Waals surface area contributed by atoms with Crippen LogP contribution in [0.25, 0.3) is 0 Å². The molecule has 1 saturated carbocycles. The number of ether oxygens (including phenoxy) is 3. The lowest BCUT2D eigenvalue weighted by molar-refractivity contribution is -0.153. The SMILES string of the molecule is CCN(C(=O)COC(=O)C1(c2ccc3c(c2)OCCO3)CCCC1)c1ccccc1. The van der Waals surface area contributed by atoms with Gasteiger partial charge in [-0.15, -0.1) is 0 Å². The molecular formula is C24H27NO5. The molecule has 1 aliphatic carbocycles. The van der Waals surface area contributed by atoms with Crippen molar-refractivity contribution in [2.45, 2.75) is 38.0 Å². The number of anilines is 1. The van der Waals surface area contributed by atoms with E-state index in [1.54, 1.807) is 4.90 Å². The highest BCUT2D eigenvalue weighted by atomic mass is 16.6. The third-order valence-electron chi connectivity index (χ3n) is 5.95. The molecule has 6 nitrogen and oxygen atoms in total. The maximum absolute atomic E-state index is 13.2. The molecule has 0 aromatic heterocycles. The number of esters is 1. The molecule has 1 fully saturated rings. The van der Waals surface area contributed by atoms with Crippen LogP contribution in [0.15, 0.2) is 48.5 Å². The number of carbonyl (C=O) groups excluding carboxylic acids is 2. The smallest absolute Gasteiger partial charge is 0.317 e. The molecule has 0 N–H and O–H groups in total. The molecule has 1 amide bonds. The fourth-order valence-corrected chi connectivity index (χ4v) is 4.38. The van der Waals surface area contributed by atoms with Crippen molar-refractivity contribution in [3.8, 4) is 11.5 Å². The molecule has 0 spiro atoms. The van der Waals surface area contributed by atoms with Crippen molar-refractivity contribution in [3.05, 3.63) is 54.1 Å². The Hall–Kier alpha value is -3.02. The van der Waals surface area contributed by atoms with Gasteiger partial charge < -0.3 is 19.1 Å². The molecule has 2 aliphatic rings.